The van der Waals surface area contributed by atoms with Crippen LogP contribution in [0.5, 0.6) is 5.75 Å². The SMILES string of the molecule is CB(O)N1C2CCC[C@@H]1CC(N1CCCOc3cc(Cl)nnc31)C2. The second kappa shape index (κ2) is 6.69. The third-order valence-corrected chi connectivity index (χ3v) is 5.85. The van der Waals surface area contributed by atoms with Crippen LogP contribution in [0.1, 0.15) is 38.5 Å². The van der Waals surface area contributed by atoms with Gasteiger partial charge in [-0.1, -0.05) is 18.0 Å². The van der Waals surface area contributed by atoms with Crippen LogP contribution in [0.2, 0.25) is 12.0 Å². The third kappa shape index (κ3) is 2.98. The van der Waals surface area contributed by atoms with Crippen LogP contribution in [0.25, 0.3) is 0 Å². The summed E-state index contributed by atoms with van der Waals surface area (Å²) in [6, 6.07) is 3.10. The normalized spacial score (nSPS) is 30.3. The van der Waals surface area contributed by atoms with E-state index in [0.717, 1.165) is 37.4 Å². The van der Waals surface area contributed by atoms with Crippen molar-refractivity contribution in [1.82, 2.24) is 15.0 Å². The van der Waals surface area contributed by atoms with Gasteiger partial charge in [0.15, 0.2) is 16.7 Å². The molecule has 2 fully saturated rings. The number of hydrogen-bond acceptors (Lipinski definition) is 6. The van der Waals surface area contributed by atoms with Gasteiger partial charge in [0, 0.05) is 30.7 Å². The zero-order valence-corrected chi connectivity index (χ0v) is 14.8. The molecular formula is C16H24BClN4O2. The number of nitrogens with zero attached hydrogens (tertiary/aromatic N) is 4. The minimum absolute atomic E-state index is 0.361. The Morgan fingerprint density at radius 2 is 1.96 bits per heavy atom. The Morgan fingerprint density at radius 3 is 2.67 bits per heavy atom. The zero-order chi connectivity index (χ0) is 16.7. The molecule has 4 rings (SSSR count). The Bertz CT molecular complexity index is 591. The van der Waals surface area contributed by atoms with E-state index in [-0.39, 0.29) is 7.05 Å². The average molecular weight is 351 g/mol. The second-order valence-corrected chi connectivity index (χ2v) is 7.58. The molecule has 24 heavy (non-hydrogen) atoms. The van der Waals surface area contributed by atoms with Crippen molar-refractivity contribution >= 4 is 24.5 Å². The highest BCUT2D eigenvalue weighted by Crippen LogP contribution is 2.40. The molecule has 3 aliphatic heterocycles. The van der Waals surface area contributed by atoms with E-state index in [2.05, 4.69) is 19.9 Å². The zero-order valence-electron chi connectivity index (χ0n) is 14.1. The summed E-state index contributed by atoms with van der Waals surface area (Å²) < 4.78 is 5.82. The summed E-state index contributed by atoms with van der Waals surface area (Å²) in [6.45, 7) is 3.52. The van der Waals surface area contributed by atoms with E-state index >= 15 is 0 Å². The maximum Gasteiger partial charge on any atom is 0.376 e. The van der Waals surface area contributed by atoms with E-state index in [0.29, 0.717) is 29.9 Å². The van der Waals surface area contributed by atoms with E-state index in [9.17, 15) is 5.02 Å². The monoisotopic (exact) mass is 350 g/mol. The molecule has 0 saturated carbocycles. The van der Waals surface area contributed by atoms with Crippen molar-refractivity contribution < 1.29 is 9.76 Å². The minimum atomic E-state index is -0.361. The van der Waals surface area contributed by atoms with Crippen LogP contribution in [0.4, 0.5) is 5.82 Å². The first-order chi connectivity index (χ1) is 11.6. The largest absolute Gasteiger partial charge is 0.489 e. The number of anilines is 1. The van der Waals surface area contributed by atoms with Crippen LogP contribution in [0, 0.1) is 0 Å². The molecular weight excluding hydrogens is 326 g/mol. The fraction of sp³-hybridized carbons (Fsp3) is 0.750. The minimum Gasteiger partial charge on any atom is -0.489 e. The highest BCUT2D eigenvalue weighted by Gasteiger charge is 2.43. The maximum atomic E-state index is 10.2. The van der Waals surface area contributed by atoms with E-state index < -0.39 is 0 Å². The number of rotatable bonds is 2. The number of aromatic nitrogens is 2. The van der Waals surface area contributed by atoms with Crippen molar-refractivity contribution in [2.45, 2.75) is 63.5 Å². The lowest BCUT2D eigenvalue weighted by Crippen LogP contribution is -2.61. The third-order valence-electron chi connectivity index (χ3n) is 5.66. The number of fused-ring (bicyclic) bond motifs is 3. The molecule has 6 nitrogen and oxygen atoms in total. The molecule has 0 aromatic carbocycles. The average Bonchev–Trinajstić information content (AvgIpc) is 2.75. The predicted molar refractivity (Wildman–Crippen MR) is 94.6 cm³/mol. The van der Waals surface area contributed by atoms with Crippen molar-refractivity contribution in [2.24, 2.45) is 0 Å². The van der Waals surface area contributed by atoms with Crippen molar-refractivity contribution in [3.05, 3.63) is 11.2 Å². The van der Waals surface area contributed by atoms with Gasteiger partial charge < -0.3 is 19.5 Å². The fourth-order valence-corrected chi connectivity index (χ4v) is 4.92. The van der Waals surface area contributed by atoms with Gasteiger partial charge in [0.25, 0.3) is 0 Å². The fourth-order valence-electron chi connectivity index (χ4n) is 4.78. The Hall–Kier alpha value is -1.05. The van der Waals surface area contributed by atoms with Crippen molar-refractivity contribution in [2.75, 3.05) is 18.1 Å². The molecule has 1 aromatic heterocycles. The van der Waals surface area contributed by atoms with Gasteiger partial charge in [-0.05, 0) is 38.9 Å². The van der Waals surface area contributed by atoms with Gasteiger partial charge in [0.2, 0.25) is 0 Å². The van der Waals surface area contributed by atoms with Crippen LogP contribution >= 0.6 is 11.6 Å². The highest BCUT2D eigenvalue weighted by atomic mass is 35.5. The molecule has 3 atom stereocenters. The first-order valence-corrected chi connectivity index (χ1v) is 9.39. The smallest absolute Gasteiger partial charge is 0.376 e. The molecule has 2 unspecified atom stereocenters. The molecule has 0 aliphatic carbocycles. The van der Waals surface area contributed by atoms with E-state index in [1.54, 1.807) is 6.07 Å². The Labute approximate surface area is 148 Å². The lowest BCUT2D eigenvalue weighted by Gasteiger charge is -2.52. The standard InChI is InChI=1S/C16H24BClN4O2/c1-17(23)22-11-4-2-5-12(22)9-13(8-11)21-6-3-7-24-14-10-15(18)19-20-16(14)21/h10-13,23H,2-9H2,1H3/t11-,12?,13?/m1/s1. The topological polar surface area (TPSA) is 61.7 Å². The summed E-state index contributed by atoms with van der Waals surface area (Å²) in [5.74, 6) is 1.57. The van der Waals surface area contributed by atoms with Gasteiger partial charge in [-0.3, -0.25) is 0 Å². The number of ether oxygens (including phenoxy) is 1. The maximum absolute atomic E-state index is 10.2. The van der Waals surface area contributed by atoms with Crippen molar-refractivity contribution in [3.63, 3.8) is 0 Å². The number of halogens is 1. The van der Waals surface area contributed by atoms with Gasteiger partial charge in [-0.25, -0.2) is 0 Å². The molecule has 1 aromatic rings. The summed E-state index contributed by atoms with van der Waals surface area (Å²) in [5.41, 5.74) is 0. The first kappa shape index (κ1) is 16.4. The first-order valence-electron chi connectivity index (χ1n) is 9.01. The van der Waals surface area contributed by atoms with Crippen LogP contribution in [0.15, 0.2) is 6.07 Å². The van der Waals surface area contributed by atoms with Gasteiger partial charge in [-0.2, -0.15) is 0 Å². The van der Waals surface area contributed by atoms with Crippen LogP contribution in [-0.2, 0) is 0 Å². The molecule has 2 saturated heterocycles. The number of hydrogen-bond donors (Lipinski definition) is 1. The van der Waals surface area contributed by atoms with Crippen LogP contribution in [-0.4, -0.2) is 58.4 Å². The summed E-state index contributed by atoms with van der Waals surface area (Å²) in [6.07, 6.45) is 6.69. The molecule has 1 N–H and O–H groups in total. The summed E-state index contributed by atoms with van der Waals surface area (Å²) in [5, 5.41) is 18.9. The molecule has 2 bridgehead atoms. The Balaban J connectivity index is 1.61. The van der Waals surface area contributed by atoms with Gasteiger partial charge in [0.05, 0.1) is 6.61 Å². The predicted octanol–water partition coefficient (Wildman–Crippen LogP) is 2.21. The van der Waals surface area contributed by atoms with Gasteiger partial charge in [0.1, 0.15) is 0 Å². The summed E-state index contributed by atoms with van der Waals surface area (Å²) >= 11 is 5.99. The quantitative estimate of drug-likeness (QED) is 0.825. The Morgan fingerprint density at radius 1 is 1.21 bits per heavy atom. The molecule has 8 heteroatoms. The van der Waals surface area contributed by atoms with E-state index in [1.807, 2.05) is 6.82 Å². The summed E-state index contributed by atoms with van der Waals surface area (Å²) in [4.78, 5) is 4.69. The van der Waals surface area contributed by atoms with Gasteiger partial charge >= 0.3 is 7.05 Å². The second-order valence-electron chi connectivity index (χ2n) is 7.19. The molecule has 3 aliphatic rings. The lowest BCUT2D eigenvalue weighted by molar-refractivity contribution is 0.0895. The highest BCUT2D eigenvalue weighted by molar-refractivity contribution is 6.45. The van der Waals surface area contributed by atoms with E-state index in [4.69, 9.17) is 16.3 Å². The molecule has 0 amide bonds. The van der Waals surface area contributed by atoms with Crippen LogP contribution in [0.3, 0.4) is 0 Å². The van der Waals surface area contributed by atoms with Crippen molar-refractivity contribution in [3.8, 4) is 5.75 Å². The number of piperidine rings is 2. The Kier molecular flexibility index (Phi) is 4.58. The molecule has 4 heterocycles. The van der Waals surface area contributed by atoms with Crippen LogP contribution < -0.4 is 9.64 Å². The van der Waals surface area contributed by atoms with E-state index in [1.165, 1.54) is 19.3 Å². The molecule has 0 radical (unpaired) electrons. The van der Waals surface area contributed by atoms with Gasteiger partial charge in [-0.15, -0.1) is 10.2 Å². The molecule has 130 valence electrons. The van der Waals surface area contributed by atoms with Crippen molar-refractivity contribution in [1.29, 1.82) is 0 Å². The lowest BCUT2D eigenvalue weighted by atomic mass is 9.70. The summed E-state index contributed by atoms with van der Waals surface area (Å²) in [7, 11) is -0.361. The molecule has 0 spiro atoms.